The van der Waals surface area contributed by atoms with Crippen LogP contribution < -0.4 is 16.8 Å². The van der Waals surface area contributed by atoms with Crippen molar-refractivity contribution in [2.45, 2.75) is 0 Å². The van der Waals surface area contributed by atoms with Gasteiger partial charge in [-0.2, -0.15) is 0 Å². The molecule has 0 saturated carbocycles. The Balaban J connectivity index is 2.13. The number of nitrogen functional groups attached to an aromatic ring is 1. The maximum absolute atomic E-state index is 13.5. The van der Waals surface area contributed by atoms with Gasteiger partial charge in [0.15, 0.2) is 11.6 Å². The Morgan fingerprint density at radius 2 is 2.05 bits per heavy atom. The summed E-state index contributed by atoms with van der Waals surface area (Å²) < 4.78 is 13.5. The number of rotatable bonds is 3. The van der Waals surface area contributed by atoms with E-state index in [9.17, 15) is 9.18 Å². The predicted octanol–water partition coefficient (Wildman–Crippen LogP) is 2.19. The first-order valence-electron chi connectivity index (χ1n) is 6.43. The quantitative estimate of drug-likeness (QED) is 0.687. The molecule has 0 radical (unpaired) electrons. The third-order valence-electron chi connectivity index (χ3n) is 3.17. The van der Waals surface area contributed by atoms with Gasteiger partial charge in [0.2, 0.25) is 0 Å². The second-order valence-corrected chi connectivity index (χ2v) is 4.62. The van der Waals surface area contributed by atoms with E-state index < -0.39 is 11.7 Å². The zero-order valence-electron chi connectivity index (χ0n) is 11.4. The van der Waals surface area contributed by atoms with Crippen LogP contribution in [0.15, 0.2) is 42.6 Å². The van der Waals surface area contributed by atoms with Crippen LogP contribution in [-0.4, -0.2) is 15.9 Å². The van der Waals surface area contributed by atoms with E-state index in [-0.39, 0.29) is 17.2 Å². The number of hydrogen-bond acceptors (Lipinski definition) is 5. The number of carbonyl (C=O) groups is 1. The van der Waals surface area contributed by atoms with Crippen molar-refractivity contribution in [2.24, 2.45) is 5.73 Å². The van der Waals surface area contributed by atoms with Crippen molar-refractivity contribution in [2.75, 3.05) is 11.1 Å². The zero-order valence-corrected chi connectivity index (χ0v) is 11.4. The third-order valence-corrected chi connectivity index (χ3v) is 3.17. The van der Waals surface area contributed by atoms with E-state index in [2.05, 4.69) is 15.3 Å². The van der Waals surface area contributed by atoms with E-state index in [0.29, 0.717) is 5.69 Å². The van der Waals surface area contributed by atoms with E-state index >= 15 is 0 Å². The molecular weight excluding hydrogens is 285 g/mol. The minimum atomic E-state index is -0.799. The van der Waals surface area contributed by atoms with Crippen LogP contribution >= 0.6 is 0 Å². The van der Waals surface area contributed by atoms with E-state index in [0.717, 1.165) is 17.0 Å². The zero-order chi connectivity index (χ0) is 15.7. The highest BCUT2D eigenvalue weighted by molar-refractivity contribution is 6.00. The average molecular weight is 297 g/mol. The fourth-order valence-electron chi connectivity index (χ4n) is 2.13. The largest absolute Gasteiger partial charge is 0.381 e. The lowest BCUT2D eigenvalue weighted by atomic mass is 10.1. The highest BCUT2D eigenvalue weighted by Crippen LogP contribution is 2.27. The molecule has 110 valence electrons. The van der Waals surface area contributed by atoms with Gasteiger partial charge < -0.3 is 16.8 Å². The van der Waals surface area contributed by atoms with E-state index in [4.69, 9.17) is 11.5 Å². The summed E-state index contributed by atoms with van der Waals surface area (Å²) in [4.78, 5) is 19.6. The summed E-state index contributed by atoms with van der Waals surface area (Å²) in [5.41, 5.74) is 12.1. The second-order valence-electron chi connectivity index (χ2n) is 4.62. The van der Waals surface area contributed by atoms with Crippen LogP contribution in [0.5, 0.6) is 0 Å². The molecule has 5 N–H and O–H groups in total. The van der Waals surface area contributed by atoms with Crippen LogP contribution in [0.4, 0.5) is 21.7 Å². The lowest BCUT2D eigenvalue weighted by molar-refractivity contribution is 0.100. The van der Waals surface area contributed by atoms with E-state index in [1.807, 2.05) is 12.1 Å². The number of amides is 1. The molecule has 7 heteroatoms. The van der Waals surface area contributed by atoms with Crippen molar-refractivity contribution in [1.29, 1.82) is 0 Å². The first kappa shape index (κ1) is 13.7. The number of nitrogens with zero attached hydrogens (tertiary/aromatic N) is 2. The molecule has 3 rings (SSSR count). The molecule has 0 atom stereocenters. The summed E-state index contributed by atoms with van der Waals surface area (Å²) >= 11 is 0. The van der Waals surface area contributed by atoms with Gasteiger partial charge in [0.05, 0.1) is 11.1 Å². The second kappa shape index (κ2) is 5.28. The molecule has 0 aliphatic carbocycles. The molecule has 6 nitrogen and oxygen atoms in total. The molecule has 0 bridgehead atoms. The van der Waals surface area contributed by atoms with Crippen LogP contribution in [0, 0.1) is 5.82 Å². The first-order chi connectivity index (χ1) is 10.6. The van der Waals surface area contributed by atoms with Gasteiger partial charge in [-0.1, -0.05) is 6.07 Å². The van der Waals surface area contributed by atoms with Gasteiger partial charge >= 0.3 is 0 Å². The highest BCUT2D eigenvalue weighted by Gasteiger charge is 2.15. The summed E-state index contributed by atoms with van der Waals surface area (Å²) in [7, 11) is 0. The van der Waals surface area contributed by atoms with Gasteiger partial charge in [-0.15, -0.1) is 0 Å². The Labute approximate surface area is 125 Å². The van der Waals surface area contributed by atoms with Crippen molar-refractivity contribution < 1.29 is 9.18 Å². The molecule has 0 fully saturated rings. The van der Waals surface area contributed by atoms with Crippen molar-refractivity contribution in [1.82, 2.24) is 9.97 Å². The Bertz CT molecular complexity index is 876. The number of benzene rings is 1. The SMILES string of the molecule is NC(=O)c1cc(F)c(N)nc1Nc1cccc2ncccc12. The number of anilines is 3. The minimum Gasteiger partial charge on any atom is -0.381 e. The predicted molar refractivity (Wildman–Crippen MR) is 82.2 cm³/mol. The van der Waals surface area contributed by atoms with Gasteiger partial charge in [0, 0.05) is 17.3 Å². The number of nitrogens with two attached hydrogens (primary N) is 2. The molecule has 2 aromatic heterocycles. The Morgan fingerprint density at radius 3 is 2.82 bits per heavy atom. The normalized spacial score (nSPS) is 10.6. The number of pyridine rings is 2. The molecule has 3 aromatic rings. The number of nitrogens with one attached hydrogen (secondary N) is 1. The van der Waals surface area contributed by atoms with Gasteiger partial charge in [0.25, 0.3) is 5.91 Å². The molecule has 22 heavy (non-hydrogen) atoms. The van der Waals surface area contributed by atoms with E-state index in [1.165, 1.54) is 0 Å². The summed E-state index contributed by atoms with van der Waals surface area (Å²) in [6.07, 6.45) is 1.68. The maximum atomic E-state index is 13.5. The molecule has 0 saturated heterocycles. The molecule has 1 amide bonds. The van der Waals surface area contributed by atoms with Crippen molar-refractivity contribution >= 4 is 34.1 Å². The molecule has 1 aromatic carbocycles. The Hall–Kier alpha value is -3.22. The molecule has 2 heterocycles. The lowest BCUT2D eigenvalue weighted by Crippen LogP contribution is -2.16. The van der Waals surface area contributed by atoms with Crippen LogP contribution in [-0.2, 0) is 0 Å². The van der Waals surface area contributed by atoms with Gasteiger partial charge in [0.1, 0.15) is 5.82 Å². The van der Waals surface area contributed by atoms with Crippen molar-refractivity contribution in [3.63, 3.8) is 0 Å². The standard InChI is InChI=1S/C15H12FN5O/c16-10-7-9(14(18)22)15(21-13(10)17)20-12-5-1-4-11-8(12)3-2-6-19-11/h1-7H,(H2,18,22)(H3,17,20,21). The average Bonchev–Trinajstić information content (AvgIpc) is 2.51. The van der Waals surface area contributed by atoms with Gasteiger partial charge in [-0.3, -0.25) is 9.78 Å². The maximum Gasteiger partial charge on any atom is 0.252 e. The topological polar surface area (TPSA) is 107 Å². The van der Waals surface area contributed by atoms with Crippen molar-refractivity contribution in [3.05, 3.63) is 54.0 Å². The Morgan fingerprint density at radius 1 is 1.23 bits per heavy atom. The number of hydrogen-bond donors (Lipinski definition) is 3. The number of aromatic nitrogens is 2. The fraction of sp³-hybridized carbons (Fsp3) is 0. The van der Waals surface area contributed by atoms with Crippen LogP contribution in [0.3, 0.4) is 0 Å². The summed E-state index contributed by atoms with van der Waals surface area (Å²) in [6.45, 7) is 0. The number of primary amides is 1. The number of halogens is 1. The third kappa shape index (κ3) is 2.39. The number of fused-ring (bicyclic) bond motifs is 1. The molecule has 0 spiro atoms. The van der Waals surface area contributed by atoms with Crippen LogP contribution in [0.2, 0.25) is 0 Å². The summed E-state index contributed by atoms with van der Waals surface area (Å²) in [5.74, 6) is -1.81. The van der Waals surface area contributed by atoms with Gasteiger partial charge in [-0.25, -0.2) is 9.37 Å². The summed E-state index contributed by atoms with van der Waals surface area (Å²) in [6, 6.07) is 10.1. The molecule has 0 aliphatic heterocycles. The minimum absolute atomic E-state index is 0.0763. The molecular formula is C15H12FN5O. The smallest absolute Gasteiger partial charge is 0.252 e. The Kier molecular flexibility index (Phi) is 3.30. The lowest BCUT2D eigenvalue weighted by Gasteiger charge is -2.12. The molecule has 0 aliphatic rings. The van der Waals surface area contributed by atoms with E-state index in [1.54, 1.807) is 24.4 Å². The van der Waals surface area contributed by atoms with Crippen molar-refractivity contribution in [3.8, 4) is 0 Å². The number of carbonyl (C=O) groups excluding carboxylic acids is 1. The highest BCUT2D eigenvalue weighted by atomic mass is 19.1. The first-order valence-corrected chi connectivity index (χ1v) is 6.43. The monoisotopic (exact) mass is 297 g/mol. The molecule has 0 unspecified atom stereocenters. The summed E-state index contributed by atoms with van der Waals surface area (Å²) in [5, 5.41) is 3.79. The fourth-order valence-corrected chi connectivity index (χ4v) is 2.13. The van der Waals surface area contributed by atoms with Crippen LogP contribution in [0.1, 0.15) is 10.4 Å². The van der Waals surface area contributed by atoms with Gasteiger partial charge in [-0.05, 0) is 30.3 Å². The van der Waals surface area contributed by atoms with Crippen LogP contribution in [0.25, 0.3) is 10.9 Å².